The highest BCUT2D eigenvalue weighted by Crippen LogP contribution is 2.42. The van der Waals surface area contributed by atoms with Crippen LogP contribution < -0.4 is 5.73 Å². The quantitative estimate of drug-likeness (QED) is 0.588. The first-order valence-electron chi connectivity index (χ1n) is 8.37. The van der Waals surface area contributed by atoms with Gasteiger partial charge in [0.15, 0.2) is 5.16 Å². The molecule has 1 atom stereocenters. The van der Waals surface area contributed by atoms with E-state index < -0.39 is 0 Å². The molecule has 0 bridgehead atoms. The topological polar surface area (TPSA) is 113 Å². The minimum Gasteiger partial charge on any atom is -0.419 e. The van der Waals surface area contributed by atoms with Crippen molar-refractivity contribution in [2.24, 2.45) is 5.73 Å². The third-order valence-corrected chi connectivity index (χ3v) is 6.00. The van der Waals surface area contributed by atoms with Crippen LogP contribution in [0.25, 0.3) is 10.8 Å². The number of carbonyl (C=O) groups is 1. The van der Waals surface area contributed by atoms with Crippen LogP contribution in [-0.4, -0.2) is 30.9 Å². The lowest BCUT2D eigenvalue weighted by molar-refractivity contribution is -0.118. The van der Waals surface area contributed by atoms with E-state index in [9.17, 15) is 4.79 Å². The van der Waals surface area contributed by atoms with Crippen molar-refractivity contribution in [3.63, 3.8) is 0 Å². The monoisotopic (exact) mass is 390 g/mol. The van der Waals surface area contributed by atoms with Gasteiger partial charge in [0, 0.05) is 18.9 Å². The molecule has 1 amide bonds. The standard InChI is InChI=1S/C16H18N6O2S2/c1-9(14-19-20-15(24-14)11-3-2-8-25-11)26-16-21-18-13(10-4-5-10)22(16)7-6-12(17)23/h2-3,8-10H,4-7H2,1H3,(H2,17,23). The Labute approximate surface area is 158 Å². The average molecular weight is 390 g/mol. The van der Waals surface area contributed by atoms with Crippen LogP contribution in [-0.2, 0) is 11.3 Å². The lowest BCUT2D eigenvalue weighted by Gasteiger charge is -2.10. The van der Waals surface area contributed by atoms with E-state index in [1.807, 2.05) is 29.0 Å². The number of hydrogen-bond donors (Lipinski definition) is 1. The molecule has 0 radical (unpaired) electrons. The second-order valence-corrected chi connectivity index (χ2v) is 8.42. The number of aromatic nitrogens is 5. The maximum Gasteiger partial charge on any atom is 0.257 e. The molecule has 0 aliphatic heterocycles. The lowest BCUT2D eigenvalue weighted by atomic mass is 10.3. The third-order valence-electron chi connectivity index (χ3n) is 4.07. The first kappa shape index (κ1) is 17.2. The molecule has 10 heteroatoms. The number of thiophene rings is 1. The van der Waals surface area contributed by atoms with Gasteiger partial charge in [-0.3, -0.25) is 4.79 Å². The van der Waals surface area contributed by atoms with Crippen LogP contribution in [0.15, 0.2) is 27.1 Å². The summed E-state index contributed by atoms with van der Waals surface area (Å²) < 4.78 is 7.80. The zero-order chi connectivity index (χ0) is 18.1. The Kier molecular flexibility index (Phi) is 4.77. The van der Waals surface area contributed by atoms with Gasteiger partial charge in [0.05, 0.1) is 10.1 Å². The maximum absolute atomic E-state index is 11.2. The Morgan fingerprint density at radius 3 is 2.96 bits per heavy atom. The van der Waals surface area contributed by atoms with Crippen molar-refractivity contribution in [2.75, 3.05) is 0 Å². The molecule has 26 heavy (non-hydrogen) atoms. The molecule has 0 aromatic carbocycles. The van der Waals surface area contributed by atoms with Crippen molar-refractivity contribution in [3.05, 3.63) is 29.2 Å². The first-order valence-corrected chi connectivity index (χ1v) is 10.1. The van der Waals surface area contributed by atoms with Gasteiger partial charge in [0.25, 0.3) is 5.89 Å². The fraction of sp³-hybridized carbons (Fsp3) is 0.438. The fourth-order valence-corrected chi connectivity index (χ4v) is 4.13. The second-order valence-electron chi connectivity index (χ2n) is 6.17. The summed E-state index contributed by atoms with van der Waals surface area (Å²) in [5.41, 5.74) is 5.31. The van der Waals surface area contributed by atoms with E-state index in [2.05, 4.69) is 20.4 Å². The Balaban J connectivity index is 1.52. The summed E-state index contributed by atoms with van der Waals surface area (Å²) in [7, 11) is 0. The van der Waals surface area contributed by atoms with Gasteiger partial charge in [0.2, 0.25) is 11.8 Å². The Morgan fingerprint density at radius 1 is 1.42 bits per heavy atom. The molecular weight excluding hydrogens is 372 g/mol. The van der Waals surface area contributed by atoms with Gasteiger partial charge in [-0.1, -0.05) is 17.8 Å². The van der Waals surface area contributed by atoms with Crippen LogP contribution in [0.2, 0.25) is 0 Å². The number of rotatable bonds is 8. The van der Waals surface area contributed by atoms with E-state index in [1.54, 1.807) is 11.3 Å². The van der Waals surface area contributed by atoms with E-state index in [-0.39, 0.29) is 17.6 Å². The van der Waals surface area contributed by atoms with Gasteiger partial charge in [-0.15, -0.1) is 31.7 Å². The molecule has 0 spiro atoms. The summed E-state index contributed by atoms with van der Waals surface area (Å²) in [4.78, 5) is 12.1. The molecule has 1 fully saturated rings. The summed E-state index contributed by atoms with van der Waals surface area (Å²) >= 11 is 3.05. The van der Waals surface area contributed by atoms with Crippen LogP contribution in [0.5, 0.6) is 0 Å². The van der Waals surface area contributed by atoms with Gasteiger partial charge in [-0.2, -0.15) is 0 Å². The zero-order valence-corrected chi connectivity index (χ0v) is 15.8. The van der Waals surface area contributed by atoms with Crippen LogP contribution in [0.1, 0.15) is 49.1 Å². The van der Waals surface area contributed by atoms with E-state index >= 15 is 0 Å². The largest absolute Gasteiger partial charge is 0.419 e. The highest BCUT2D eigenvalue weighted by Gasteiger charge is 2.31. The molecule has 3 aromatic rings. The summed E-state index contributed by atoms with van der Waals surface area (Å²) in [6.45, 7) is 2.48. The van der Waals surface area contributed by atoms with Crippen molar-refractivity contribution in [3.8, 4) is 10.8 Å². The van der Waals surface area contributed by atoms with Crippen molar-refractivity contribution >= 4 is 29.0 Å². The number of carbonyl (C=O) groups excluding carboxylic acids is 1. The van der Waals surface area contributed by atoms with Crippen molar-refractivity contribution < 1.29 is 9.21 Å². The smallest absolute Gasteiger partial charge is 0.257 e. The Bertz CT molecular complexity index is 900. The molecule has 1 aliphatic rings. The van der Waals surface area contributed by atoms with E-state index in [0.717, 1.165) is 28.7 Å². The van der Waals surface area contributed by atoms with Crippen LogP contribution in [0.3, 0.4) is 0 Å². The van der Waals surface area contributed by atoms with E-state index in [4.69, 9.17) is 10.2 Å². The predicted octanol–water partition coefficient (Wildman–Crippen LogP) is 3.00. The summed E-state index contributed by atoms with van der Waals surface area (Å²) in [6, 6.07) is 3.89. The number of nitrogens with zero attached hydrogens (tertiary/aromatic N) is 5. The fourth-order valence-electron chi connectivity index (χ4n) is 2.57. The molecule has 1 aliphatic carbocycles. The molecule has 1 unspecified atom stereocenters. The Hall–Kier alpha value is -2.20. The molecule has 3 aromatic heterocycles. The SMILES string of the molecule is CC(Sc1nnc(C2CC2)n1CCC(N)=O)c1nnc(-c2cccs2)o1. The molecule has 8 nitrogen and oxygen atoms in total. The van der Waals surface area contributed by atoms with Gasteiger partial charge >= 0.3 is 0 Å². The van der Waals surface area contributed by atoms with Crippen LogP contribution in [0, 0.1) is 0 Å². The molecule has 3 heterocycles. The molecular formula is C16H18N6O2S2. The number of thioether (sulfide) groups is 1. The highest BCUT2D eigenvalue weighted by atomic mass is 32.2. The van der Waals surface area contributed by atoms with Gasteiger partial charge in [0.1, 0.15) is 5.82 Å². The summed E-state index contributed by atoms with van der Waals surface area (Å²) in [5, 5.41) is 19.6. The van der Waals surface area contributed by atoms with Gasteiger partial charge < -0.3 is 14.7 Å². The van der Waals surface area contributed by atoms with E-state index in [1.165, 1.54) is 11.8 Å². The van der Waals surface area contributed by atoms with Gasteiger partial charge in [-0.25, -0.2) is 0 Å². The number of primary amides is 1. The van der Waals surface area contributed by atoms with E-state index in [0.29, 0.717) is 24.2 Å². The predicted molar refractivity (Wildman–Crippen MR) is 97.7 cm³/mol. The minimum absolute atomic E-state index is 0.0835. The molecule has 136 valence electrons. The maximum atomic E-state index is 11.2. The summed E-state index contributed by atoms with van der Waals surface area (Å²) in [5.74, 6) is 2.11. The lowest BCUT2D eigenvalue weighted by Crippen LogP contribution is -2.15. The number of nitrogens with two attached hydrogens (primary N) is 1. The molecule has 0 saturated heterocycles. The minimum atomic E-state index is -0.332. The van der Waals surface area contributed by atoms with Crippen LogP contribution in [0.4, 0.5) is 0 Å². The van der Waals surface area contributed by atoms with Crippen molar-refractivity contribution in [1.29, 1.82) is 0 Å². The Morgan fingerprint density at radius 2 is 2.27 bits per heavy atom. The third kappa shape index (κ3) is 3.65. The zero-order valence-electron chi connectivity index (χ0n) is 14.2. The summed E-state index contributed by atoms with van der Waals surface area (Å²) in [6.07, 6.45) is 2.49. The molecule has 1 saturated carbocycles. The van der Waals surface area contributed by atoms with Crippen molar-refractivity contribution in [1.82, 2.24) is 25.0 Å². The van der Waals surface area contributed by atoms with Crippen LogP contribution >= 0.6 is 23.1 Å². The van der Waals surface area contributed by atoms with Gasteiger partial charge in [-0.05, 0) is 31.2 Å². The normalized spacial score (nSPS) is 15.3. The molecule has 2 N–H and O–H groups in total. The molecule has 4 rings (SSSR count). The number of amides is 1. The second kappa shape index (κ2) is 7.20. The first-order chi connectivity index (χ1) is 12.6. The highest BCUT2D eigenvalue weighted by molar-refractivity contribution is 7.99. The number of hydrogen-bond acceptors (Lipinski definition) is 8. The average Bonchev–Trinajstić information content (AvgIpc) is 3.06. The van der Waals surface area contributed by atoms with Crippen molar-refractivity contribution in [2.45, 2.75) is 49.1 Å².